The monoisotopic (exact) mass is 349 g/mol. The molecule has 0 radical (unpaired) electrons. The first-order valence-electron chi connectivity index (χ1n) is 9.33. The van der Waals surface area contributed by atoms with Crippen LogP contribution in [0.3, 0.4) is 0 Å². The number of carbonyl (C=O) groups excluding carboxylic acids is 1. The maximum atomic E-state index is 13.2. The lowest BCUT2D eigenvalue weighted by atomic mass is 10.1. The van der Waals surface area contributed by atoms with Gasteiger partial charge in [0.05, 0.1) is 5.69 Å². The molecule has 2 aromatic rings. The van der Waals surface area contributed by atoms with Gasteiger partial charge in [-0.3, -0.25) is 4.79 Å². The number of anilines is 1. The average Bonchev–Trinajstić information content (AvgIpc) is 2.97. The van der Waals surface area contributed by atoms with Crippen molar-refractivity contribution in [1.29, 1.82) is 0 Å². The molecule has 1 aliphatic heterocycles. The molecule has 0 aromatic heterocycles. The van der Waals surface area contributed by atoms with E-state index < -0.39 is 0 Å². The summed E-state index contributed by atoms with van der Waals surface area (Å²) in [5, 5.41) is 0. The van der Waals surface area contributed by atoms with Gasteiger partial charge in [0.15, 0.2) is 0 Å². The Balaban J connectivity index is 1.91. The zero-order valence-corrected chi connectivity index (χ0v) is 15.9. The van der Waals surface area contributed by atoms with Crippen LogP contribution < -0.4 is 4.90 Å². The molecule has 0 bridgehead atoms. The van der Waals surface area contributed by atoms with Gasteiger partial charge in [0.25, 0.3) is 5.91 Å². The molecular weight excluding hydrogens is 322 g/mol. The van der Waals surface area contributed by atoms with Gasteiger partial charge in [0.2, 0.25) is 5.96 Å². The highest BCUT2D eigenvalue weighted by Gasteiger charge is 2.37. The minimum Gasteiger partial charge on any atom is -0.345 e. The molecule has 0 saturated carbocycles. The third kappa shape index (κ3) is 3.96. The van der Waals surface area contributed by atoms with E-state index in [9.17, 15) is 4.79 Å². The van der Waals surface area contributed by atoms with Gasteiger partial charge in [-0.2, -0.15) is 0 Å². The number of unbranched alkanes of at least 4 members (excludes halogenated alkanes) is 1. The number of carbonyl (C=O) groups is 1. The molecule has 1 heterocycles. The Kier molecular flexibility index (Phi) is 5.71. The Bertz CT molecular complexity index is 785. The summed E-state index contributed by atoms with van der Waals surface area (Å²) in [6, 6.07) is 17.8. The standard InChI is InChI=1S/C22H27N3O/c1-4-5-14-24(3)22-23-20(16-18-11-7-6-8-12-18)21(26)25(22)19-13-9-10-17(2)15-19/h6-13,15,20H,4-5,14,16H2,1-3H3. The van der Waals surface area contributed by atoms with Crippen LogP contribution in [0.4, 0.5) is 5.69 Å². The summed E-state index contributed by atoms with van der Waals surface area (Å²) in [6.07, 6.45) is 2.82. The van der Waals surface area contributed by atoms with Gasteiger partial charge < -0.3 is 4.90 Å². The Morgan fingerprint density at radius 1 is 1.12 bits per heavy atom. The minimum atomic E-state index is -0.364. The molecule has 1 amide bonds. The van der Waals surface area contributed by atoms with E-state index in [1.807, 2.05) is 56.4 Å². The smallest absolute Gasteiger partial charge is 0.259 e. The molecule has 0 N–H and O–H groups in total. The van der Waals surface area contributed by atoms with Crippen LogP contribution >= 0.6 is 0 Å². The normalized spacial score (nSPS) is 16.7. The van der Waals surface area contributed by atoms with Crippen molar-refractivity contribution >= 4 is 17.6 Å². The second kappa shape index (κ2) is 8.17. The molecule has 136 valence electrons. The van der Waals surface area contributed by atoms with Crippen molar-refractivity contribution in [3.63, 3.8) is 0 Å². The molecule has 0 fully saturated rings. The SMILES string of the molecule is CCCCN(C)C1=NC(Cc2ccccc2)C(=O)N1c1cccc(C)c1. The summed E-state index contributed by atoms with van der Waals surface area (Å²) in [7, 11) is 2.02. The van der Waals surface area contributed by atoms with Gasteiger partial charge >= 0.3 is 0 Å². The summed E-state index contributed by atoms with van der Waals surface area (Å²) < 4.78 is 0. The Labute approximate surface area is 156 Å². The van der Waals surface area contributed by atoms with E-state index in [4.69, 9.17) is 4.99 Å². The largest absolute Gasteiger partial charge is 0.345 e. The fourth-order valence-electron chi connectivity index (χ4n) is 3.24. The van der Waals surface area contributed by atoms with E-state index >= 15 is 0 Å². The van der Waals surface area contributed by atoms with E-state index in [1.165, 1.54) is 0 Å². The number of aliphatic imine (C=N–C) groups is 1. The number of nitrogens with zero attached hydrogens (tertiary/aromatic N) is 3. The number of amides is 1. The van der Waals surface area contributed by atoms with Gasteiger partial charge in [-0.05, 0) is 36.6 Å². The van der Waals surface area contributed by atoms with Crippen molar-refractivity contribution in [3.05, 3.63) is 65.7 Å². The first kappa shape index (κ1) is 18.2. The van der Waals surface area contributed by atoms with Gasteiger partial charge in [-0.25, -0.2) is 9.89 Å². The van der Waals surface area contributed by atoms with Crippen LogP contribution in [0.2, 0.25) is 0 Å². The maximum absolute atomic E-state index is 13.2. The highest BCUT2D eigenvalue weighted by molar-refractivity contribution is 6.22. The summed E-state index contributed by atoms with van der Waals surface area (Å²) in [4.78, 5) is 21.9. The highest BCUT2D eigenvalue weighted by Crippen LogP contribution is 2.25. The molecule has 2 aromatic carbocycles. The molecule has 4 nitrogen and oxygen atoms in total. The molecular formula is C22H27N3O. The molecule has 1 aliphatic rings. The third-order valence-electron chi connectivity index (χ3n) is 4.70. The predicted molar refractivity (Wildman–Crippen MR) is 108 cm³/mol. The van der Waals surface area contributed by atoms with Crippen LogP contribution in [0.15, 0.2) is 59.6 Å². The number of rotatable bonds is 6. The topological polar surface area (TPSA) is 35.9 Å². The number of benzene rings is 2. The Morgan fingerprint density at radius 2 is 1.88 bits per heavy atom. The number of hydrogen-bond donors (Lipinski definition) is 0. The Hall–Kier alpha value is -2.62. The average molecular weight is 349 g/mol. The number of hydrogen-bond acceptors (Lipinski definition) is 3. The lowest BCUT2D eigenvalue weighted by Gasteiger charge is -2.26. The highest BCUT2D eigenvalue weighted by atomic mass is 16.2. The molecule has 0 spiro atoms. The van der Waals surface area contributed by atoms with Crippen molar-refractivity contribution < 1.29 is 4.79 Å². The van der Waals surface area contributed by atoms with Gasteiger partial charge in [0, 0.05) is 20.0 Å². The quantitative estimate of drug-likeness (QED) is 0.789. The first-order valence-corrected chi connectivity index (χ1v) is 9.33. The van der Waals surface area contributed by atoms with Crippen molar-refractivity contribution in [2.75, 3.05) is 18.5 Å². The molecule has 0 saturated heterocycles. The second-order valence-electron chi connectivity index (χ2n) is 6.92. The third-order valence-corrected chi connectivity index (χ3v) is 4.70. The maximum Gasteiger partial charge on any atom is 0.259 e. The van der Waals surface area contributed by atoms with Crippen LogP contribution in [-0.2, 0) is 11.2 Å². The summed E-state index contributed by atoms with van der Waals surface area (Å²) in [6.45, 7) is 5.11. The van der Waals surface area contributed by atoms with Crippen molar-refractivity contribution in [2.45, 2.75) is 39.2 Å². The van der Waals surface area contributed by atoms with Crippen LogP contribution in [0, 0.1) is 6.92 Å². The molecule has 3 rings (SSSR count). The second-order valence-corrected chi connectivity index (χ2v) is 6.92. The Morgan fingerprint density at radius 3 is 2.58 bits per heavy atom. The lowest BCUT2D eigenvalue weighted by Crippen LogP contribution is -2.43. The van der Waals surface area contributed by atoms with Crippen LogP contribution in [-0.4, -0.2) is 36.4 Å². The number of aryl methyl sites for hydroxylation is 1. The molecule has 26 heavy (non-hydrogen) atoms. The summed E-state index contributed by atoms with van der Waals surface area (Å²) >= 11 is 0. The fraction of sp³-hybridized carbons (Fsp3) is 0.364. The van der Waals surface area contributed by atoms with Crippen LogP contribution in [0.25, 0.3) is 0 Å². The van der Waals surface area contributed by atoms with Crippen molar-refractivity contribution in [3.8, 4) is 0 Å². The fourth-order valence-corrected chi connectivity index (χ4v) is 3.24. The van der Waals surface area contributed by atoms with Gasteiger partial charge in [-0.15, -0.1) is 0 Å². The predicted octanol–water partition coefficient (Wildman–Crippen LogP) is 4.04. The summed E-state index contributed by atoms with van der Waals surface area (Å²) in [5.41, 5.74) is 3.17. The van der Waals surface area contributed by atoms with Crippen LogP contribution in [0.1, 0.15) is 30.9 Å². The van der Waals surface area contributed by atoms with E-state index in [2.05, 4.69) is 24.0 Å². The van der Waals surface area contributed by atoms with E-state index in [-0.39, 0.29) is 11.9 Å². The number of guanidine groups is 1. The molecule has 0 aliphatic carbocycles. The van der Waals surface area contributed by atoms with Gasteiger partial charge in [-0.1, -0.05) is 55.8 Å². The van der Waals surface area contributed by atoms with E-state index in [0.717, 1.165) is 42.2 Å². The molecule has 1 atom stereocenters. The van der Waals surface area contributed by atoms with Gasteiger partial charge in [0.1, 0.15) is 6.04 Å². The van der Waals surface area contributed by atoms with Crippen LogP contribution in [0.5, 0.6) is 0 Å². The summed E-state index contributed by atoms with van der Waals surface area (Å²) in [5.74, 6) is 0.813. The van der Waals surface area contributed by atoms with Crippen molar-refractivity contribution in [1.82, 2.24) is 4.90 Å². The van der Waals surface area contributed by atoms with E-state index in [0.29, 0.717) is 6.42 Å². The van der Waals surface area contributed by atoms with E-state index in [1.54, 1.807) is 4.90 Å². The first-order chi connectivity index (χ1) is 12.6. The lowest BCUT2D eigenvalue weighted by molar-refractivity contribution is -0.118. The molecule has 4 heteroatoms. The van der Waals surface area contributed by atoms with Crippen molar-refractivity contribution in [2.24, 2.45) is 4.99 Å². The zero-order chi connectivity index (χ0) is 18.5. The zero-order valence-electron chi connectivity index (χ0n) is 15.9. The minimum absolute atomic E-state index is 0.0535. The molecule has 1 unspecified atom stereocenters.